The molecule has 0 fully saturated rings. The van der Waals surface area contributed by atoms with Gasteiger partial charge in [0.05, 0.1) is 0 Å². The van der Waals surface area contributed by atoms with Crippen molar-refractivity contribution in [1.82, 2.24) is 0 Å². The van der Waals surface area contributed by atoms with Gasteiger partial charge in [-0.2, -0.15) is 0 Å². The molecule has 0 aliphatic heterocycles. The summed E-state index contributed by atoms with van der Waals surface area (Å²) in [6.07, 6.45) is 4.05. The SMILES string of the molecule is C=C(/C=C\C)N(c1ccccc1)c1ccc(-c2ccc(N(c3ccccc3)c3ccccc3)cc2)cc1. The van der Waals surface area contributed by atoms with E-state index in [4.69, 9.17) is 0 Å². The van der Waals surface area contributed by atoms with Crippen LogP contribution in [0.15, 0.2) is 164 Å². The zero-order valence-corrected chi connectivity index (χ0v) is 21.0. The van der Waals surface area contributed by atoms with Crippen LogP contribution in [0.1, 0.15) is 6.92 Å². The van der Waals surface area contributed by atoms with Crippen molar-refractivity contribution >= 4 is 28.4 Å². The second kappa shape index (κ2) is 11.3. The van der Waals surface area contributed by atoms with E-state index < -0.39 is 0 Å². The van der Waals surface area contributed by atoms with Crippen molar-refractivity contribution in [3.8, 4) is 11.1 Å². The number of anilines is 5. The van der Waals surface area contributed by atoms with Crippen LogP contribution in [0.25, 0.3) is 11.1 Å². The van der Waals surface area contributed by atoms with E-state index in [1.807, 2.05) is 37.3 Å². The van der Waals surface area contributed by atoms with Gasteiger partial charge in [-0.1, -0.05) is 91.5 Å². The standard InChI is InChI=1S/C35H30N2/c1-3-13-28(2)36(31-14-7-4-8-15-31)34-24-20-29(21-25-34)30-22-26-35(27-23-30)37(32-16-9-5-10-17-32)33-18-11-6-12-19-33/h3-27H,2H2,1H3/b13-3-. The maximum atomic E-state index is 4.29. The predicted molar refractivity (Wildman–Crippen MR) is 159 cm³/mol. The molecule has 0 aliphatic rings. The van der Waals surface area contributed by atoms with Gasteiger partial charge in [-0.25, -0.2) is 0 Å². The summed E-state index contributed by atoms with van der Waals surface area (Å²) in [5.74, 6) is 0. The number of hydrogen-bond donors (Lipinski definition) is 0. The first-order valence-corrected chi connectivity index (χ1v) is 12.5. The van der Waals surface area contributed by atoms with Gasteiger partial charge in [0.15, 0.2) is 0 Å². The zero-order valence-electron chi connectivity index (χ0n) is 21.0. The highest BCUT2D eigenvalue weighted by atomic mass is 15.1. The van der Waals surface area contributed by atoms with Crippen LogP contribution < -0.4 is 9.80 Å². The van der Waals surface area contributed by atoms with Crippen LogP contribution in [0.5, 0.6) is 0 Å². The quantitative estimate of drug-likeness (QED) is 0.205. The minimum atomic E-state index is 0.924. The number of allylic oxidation sites excluding steroid dienone is 2. The Labute approximate surface area is 220 Å². The van der Waals surface area contributed by atoms with Crippen LogP contribution in [0.3, 0.4) is 0 Å². The number of rotatable bonds is 8. The Bertz CT molecular complexity index is 1410. The van der Waals surface area contributed by atoms with E-state index in [-0.39, 0.29) is 0 Å². The lowest BCUT2D eigenvalue weighted by Crippen LogP contribution is -2.14. The van der Waals surface area contributed by atoms with Gasteiger partial charge >= 0.3 is 0 Å². The summed E-state index contributed by atoms with van der Waals surface area (Å²) in [6.45, 7) is 6.30. The summed E-state index contributed by atoms with van der Waals surface area (Å²) >= 11 is 0. The van der Waals surface area contributed by atoms with Gasteiger partial charge in [-0.05, 0) is 84.8 Å². The average molecular weight is 479 g/mol. The largest absolute Gasteiger partial charge is 0.311 e. The number of hydrogen-bond acceptors (Lipinski definition) is 2. The second-order valence-corrected chi connectivity index (χ2v) is 8.76. The molecule has 0 radical (unpaired) electrons. The van der Waals surface area contributed by atoms with Crippen molar-refractivity contribution in [3.63, 3.8) is 0 Å². The first-order valence-electron chi connectivity index (χ1n) is 12.5. The van der Waals surface area contributed by atoms with Gasteiger partial charge in [0, 0.05) is 34.1 Å². The molecule has 180 valence electrons. The summed E-state index contributed by atoms with van der Waals surface area (Å²) in [5, 5.41) is 0. The van der Waals surface area contributed by atoms with E-state index in [0.29, 0.717) is 0 Å². The van der Waals surface area contributed by atoms with Crippen molar-refractivity contribution in [3.05, 3.63) is 164 Å². The first-order chi connectivity index (χ1) is 18.2. The molecular weight excluding hydrogens is 448 g/mol. The maximum Gasteiger partial charge on any atom is 0.0462 e. The molecule has 0 amide bonds. The third-order valence-electron chi connectivity index (χ3n) is 6.27. The lowest BCUT2D eigenvalue weighted by molar-refractivity contribution is 1.22. The fourth-order valence-electron chi connectivity index (χ4n) is 4.53. The van der Waals surface area contributed by atoms with E-state index >= 15 is 0 Å². The molecule has 5 aromatic carbocycles. The zero-order chi connectivity index (χ0) is 25.5. The van der Waals surface area contributed by atoms with Crippen molar-refractivity contribution in [2.75, 3.05) is 9.80 Å². The van der Waals surface area contributed by atoms with E-state index in [0.717, 1.165) is 34.1 Å². The molecule has 0 unspecified atom stereocenters. The van der Waals surface area contributed by atoms with Crippen molar-refractivity contribution < 1.29 is 0 Å². The molecule has 2 nitrogen and oxygen atoms in total. The highest BCUT2D eigenvalue weighted by molar-refractivity contribution is 5.79. The van der Waals surface area contributed by atoms with Gasteiger partial charge in [0.25, 0.3) is 0 Å². The topological polar surface area (TPSA) is 6.48 Å². The third-order valence-corrected chi connectivity index (χ3v) is 6.27. The van der Waals surface area contributed by atoms with Crippen molar-refractivity contribution in [2.45, 2.75) is 6.92 Å². The fraction of sp³-hybridized carbons (Fsp3) is 0.0286. The number of benzene rings is 5. The van der Waals surface area contributed by atoms with Gasteiger partial charge in [-0.3, -0.25) is 0 Å². The molecule has 0 N–H and O–H groups in total. The molecule has 0 atom stereocenters. The fourth-order valence-corrected chi connectivity index (χ4v) is 4.53. The highest BCUT2D eigenvalue weighted by Gasteiger charge is 2.13. The van der Waals surface area contributed by atoms with Gasteiger partial charge in [-0.15, -0.1) is 0 Å². The number of nitrogens with zero attached hydrogens (tertiary/aromatic N) is 2. The summed E-state index contributed by atoms with van der Waals surface area (Å²) in [4.78, 5) is 4.45. The van der Waals surface area contributed by atoms with Crippen LogP contribution >= 0.6 is 0 Å². The van der Waals surface area contributed by atoms with Gasteiger partial charge < -0.3 is 9.80 Å². The summed E-state index contributed by atoms with van der Waals surface area (Å²) in [7, 11) is 0. The lowest BCUT2D eigenvalue weighted by Gasteiger charge is -2.26. The highest BCUT2D eigenvalue weighted by Crippen LogP contribution is 2.36. The Hall–Kier alpha value is -4.82. The molecular formula is C35H30N2. The Morgan fingerprint density at radius 3 is 1.27 bits per heavy atom. The molecule has 5 rings (SSSR count). The minimum Gasteiger partial charge on any atom is -0.311 e. The van der Waals surface area contributed by atoms with E-state index in [2.05, 4.69) is 138 Å². The predicted octanol–water partition coefficient (Wildman–Crippen LogP) is 10.1. The van der Waals surface area contributed by atoms with E-state index in [9.17, 15) is 0 Å². The van der Waals surface area contributed by atoms with Gasteiger partial charge in [0.2, 0.25) is 0 Å². The van der Waals surface area contributed by atoms with Crippen LogP contribution in [0.4, 0.5) is 28.4 Å². The van der Waals surface area contributed by atoms with Crippen LogP contribution in [0.2, 0.25) is 0 Å². The molecule has 5 aromatic rings. The molecule has 2 heteroatoms. The van der Waals surface area contributed by atoms with Crippen molar-refractivity contribution in [1.29, 1.82) is 0 Å². The van der Waals surface area contributed by atoms with Crippen LogP contribution in [-0.2, 0) is 0 Å². The molecule has 0 aromatic heterocycles. The first kappa shape index (κ1) is 23.9. The monoisotopic (exact) mass is 478 g/mol. The summed E-state index contributed by atoms with van der Waals surface area (Å²) in [6, 6.07) is 48.7. The number of para-hydroxylation sites is 3. The van der Waals surface area contributed by atoms with Crippen LogP contribution in [0, 0.1) is 0 Å². The molecule has 37 heavy (non-hydrogen) atoms. The maximum absolute atomic E-state index is 4.29. The average Bonchev–Trinajstić information content (AvgIpc) is 2.96. The second-order valence-electron chi connectivity index (χ2n) is 8.76. The van der Waals surface area contributed by atoms with E-state index in [1.165, 1.54) is 11.1 Å². The van der Waals surface area contributed by atoms with Gasteiger partial charge in [0.1, 0.15) is 0 Å². The molecule has 0 aliphatic carbocycles. The Balaban J connectivity index is 1.44. The molecule has 0 heterocycles. The smallest absolute Gasteiger partial charge is 0.0462 e. The van der Waals surface area contributed by atoms with Crippen molar-refractivity contribution in [2.24, 2.45) is 0 Å². The summed E-state index contributed by atoms with van der Waals surface area (Å²) < 4.78 is 0. The third kappa shape index (κ3) is 5.39. The molecule has 0 saturated heterocycles. The molecule has 0 saturated carbocycles. The Kier molecular flexibility index (Phi) is 7.29. The normalized spacial score (nSPS) is 10.8. The Morgan fingerprint density at radius 2 is 0.838 bits per heavy atom. The molecule has 0 bridgehead atoms. The van der Waals surface area contributed by atoms with Crippen LogP contribution in [-0.4, -0.2) is 0 Å². The molecule has 0 spiro atoms. The minimum absolute atomic E-state index is 0.924. The summed E-state index contributed by atoms with van der Waals surface area (Å²) in [5.41, 5.74) is 8.82. The van der Waals surface area contributed by atoms with E-state index in [1.54, 1.807) is 0 Å². The lowest BCUT2D eigenvalue weighted by atomic mass is 10.0. The Morgan fingerprint density at radius 1 is 0.486 bits per heavy atom.